The topological polar surface area (TPSA) is 0 Å². The van der Waals surface area contributed by atoms with E-state index >= 15 is 0 Å². The van der Waals surface area contributed by atoms with E-state index in [2.05, 4.69) is 0 Å². The first-order chi connectivity index (χ1) is 19.9. The number of hydrogen-bond donors (Lipinski definition) is 0. The van der Waals surface area contributed by atoms with Gasteiger partial charge in [0.1, 0.15) is 0 Å². The van der Waals surface area contributed by atoms with Gasteiger partial charge in [0.15, 0.2) is 0 Å². The van der Waals surface area contributed by atoms with Crippen LogP contribution in [0, 0.1) is 98.1 Å². The molecule has 8 unspecified atom stereocenters. The average molecular weight is 553 g/mol. The van der Waals surface area contributed by atoms with Crippen LogP contribution in [0.5, 0.6) is 0 Å². The molecule has 0 aromatic rings. The van der Waals surface area contributed by atoms with Gasteiger partial charge in [-0.1, -0.05) is 25.7 Å². The Morgan fingerprint density at radius 2 is 0.537 bits per heavy atom. The van der Waals surface area contributed by atoms with Crippen molar-refractivity contribution in [3.63, 3.8) is 0 Å². The monoisotopic (exact) mass is 552 g/mol. The first-order valence-electron chi connectivity index (χ1n) is 19.9. The van der Waals surface area contributed by atoms with Crippen molar-refractivity contribution < 1.29 is 0 Å². The molecule has 5 spiro atoms. The van der Waals surface area contributed by atoms with Crippen molar-refractivity contribution in [2.24, 2.45) is 98.1 Å². The molecule has 8 atom stereocenters. The minimum atomic E-state index is 0.760. The second-order valence-corrected chi connectivity index (χ2v) is 21.7. The van der Waals surface area contributed by atoms with Crippen LogP contribution in [0.1, 0.15) is 154 Å². The summed E-state index contributed by atoms with van der Waals surface area (Å²) in [4.78, 5) is 0. The lowest BCUT2D eigenvalue weighted by molar-refractivity contribution is -0.00605. The van der Waals surface area contributed by atoms with Gasteiger partial charge in [0.25, 0.3) is 0 Å². The van der Waals surface area contributed by atoms with Crippen LogP contribution in [0.25, 0.3) is 0 Å². The standard InChI is InChI=1S/C41H60/c1-5-27-11-37-9-25(1)2-6-28(12-37)32-16-39(21-37)15-31(27)35-19-41(23-39)20-36(32)34-18-40(24-41)17-33(35)29-7-3-26-4-8-30(34)14-38(10-26,13-29)22-40/h25-36H,1-24H2. The molecule has 17 bridgehead atoms. The molecule has 224 valence electrons. The van der Waals surface area contributed by atoms with E-state index in [1.165, 1.54) is 0 Å². The zero-order valence-electron chi connectivity index (χ0n) is 26.4. The lowest BCUT2D eigenvalue weighted by Gasteiger charge is -2.50. The molecule has 12 aliphatic rings. The van der Waals surface area contributed by atoms with Crippen molar-refractivity contribution >= 4 is 0 Å². The third-order valence-corrected chi connectivity index (χ3v) is 19.6. The molecular formula is C41H60. The van der Waals surface area contributed by atoms with Crippen molar-refractivity contribution in [1.29, 1.82) is 0 Å². The molecular weight excluding hydrogens is 492 g/mol. The fourth-order valence-electron chi connectivity index (χ4n) is 20.1. The maximum atomic E-state index is 1.75. The molecule has 0 amide bonds. The highest BCUT2D eigenvalue weighted by Gasteiger charge is 2.70. The summed E-state index contributed by atoms with van der Waals surface area (Å²) in [6.45, 7) is 0. The summed E-state index contributed by atoms with van der Waals surface area (Å²) in [5.41, 5.74) is 3.84. The molecule has 0 aromatic heterocycles. The van der Waals surface area contributed by atoms with Crippen LogP contribution in [0.4, 0.5) is 0 Å². The molecule has 0 saturated heterocycles. The lowest BCUT2D eigenvalue weighted by atomic mass is 9.55. The van der Waals surface area contributed by atoms with Crippen LogP contribution in [-0.4, -0.2) is 0 Å². The van der Waals surface area contributed by atoms with Crippen LogP contribution in [0.3, 0.4) is 0 Å². The fraction of sp³-hybridized carbons (Fsp3) is 1.00. The summed E-state index contributed by atoms with van der Waals surface area (Å²) in [6.07, 6.45) is 40.9. The van der Waals surface area contributed by atoms with Gasteiger partial charge in [0, 0.05) is 0 Å². The van der Waals surface area contributed by atoms with Crippen LogP contribution in [-0.2, 0) is 0 Å². The average Bonchev–Trinajstić information content (AvgIpc) is 3.59. The Morgan fingerprint density at radius 1 is 0.244 bits per heavy atom. The van der Waals surface area contributed by atoms with Crippen molar-refractivity contribution in [1.82, 2.24) is 0 Å². The fourth-order valence-corrected chi connectivity index (χ4v) is 20.1. The molecule has 0 N–H and O–H groups in total. The number of rotatable bonds is 0. The third-order valence-electron chi connectivity index (χ3n) is 19.6. The molecule has 12 aliphatic carbocycles. The van der Waals surface area contributed by atoms with Gasteiger partial charge in [0.05, 0.1) is 0 Å². The van der Waals surface area contributed by atoms with E-state index in [1.807, 2.05) is 0 Å². The van der Waals surface area contributed by atoms with Gasteiger partial charge in [-0.2, -0.15) is 0 Å². The van der Waals surface area contributed by atoms with Gasteiger partial charge in [-0.3, -0.25) is 0 Å². The molecule has 0 aliphatic heterocycles. The van der Waals surface area contributed by atoms with E-state index in [0.29, 0.717) is 0 Å². The minimum Gasteiger partial charge on any atom is -0.0502 e. The molecule has 0 heterocycles. The highest BCUT2D eigenvalue weighted by Crippen LogP contribution is 2.80. The molecule has 0 radical (unpaired) electrons. The van der Waals surface area contributed by atoms with Gasteiger partial charge >= 0.3 is 0 Å². The quantitative estimate of drug-likeness (QED) is 0.280. The minimum absolute atomic E-state index is 0.760. The van der Waals surface area contributed by atoms with E-state index in [9.17, 15) is 0 Å². The Bertz CT molecular complexity index is 1010. The Balaban J connectivity index is 1.16. The van der Waals surface area contributed by atoms with Crippen LogP contribution < -0.4 is 0 Å². The van der Waals surface area contributed by atoms with Crippen molar-refractivity contribution in [3.05, 3.63) is 0 Å². The summed E-state index contributed by atoms with van der Waals surface area (Å²) in [6, 6.07) is 0. The van der Waals surface area contributed by atoms with Crippen molar-refractivity contribution in [2.75, 3.05) is 0 Å². The molecule has 0 nitrogen and oxygen atoms in total. The Labute approximate surface area is 251 Å². The lowest BCUT2D eigenvalue weighted by Crippen LogP contribution is -2.42. The van der Waals surface area contributed by atoms with Crippen LogP contribution >= 0.6 is 0 Å². The Kier molecular flexibility index (Phi) is 4.44. The second kappa shape index (κ2) is 7.51. The van der Waals surface area contributed by atoms with Gasteiger partial charge in [-0.15, -0.1) is 0 Å². The second-order valence-electron chi connectivity index (χ2n) is 21.7. The first kappa shape index (κ1) is 24.3. The van der Waals surface area contributed by atoms with Gasteiger partial charge in [-0.05, 0) is 227 Å². The maximum Gasteiger partial charge on any atom is -0.0281 e. The molecule has 41 heavy (non-hydrogen) atoms. The molecule has 12 rings (SSSR count). The summed E-state index contributed by atoms with van der Waals surface area (Å²) in [5, 5.41) is 0. The first-order valence-corrected chi connectivity index (χ1v) is 19.9. The highest BCUT2D eigenvalue weighted by atomic mass is 14.7. The predicted octanol–water partition coefficient (Wildman–Crippen LogP) is 10.8. The van der Waals surface area contributed by atoms with Crippen molar-refractivity contribution in [2.45, 2.75) is 154 Å². The van der Waals surface area contributed by atoms with Gasteiger partial charge in [-0.25, -0.2) is 0 Å². The zero-order valence-corrected chi connectivity index (χ0v) is 26.4. The van der Waals surface area contributed by atoms with Gasteiger partial charge < -0.3 is 0 Å². The van der Waals surface area contributed by atoms with Crippen LogP contribution in [0.2, 0.25) is 0 Å². The highest BCUT2D eigenvalue weighted by molar-refractivity contribution is 5.20. The SMILES string of the molecule is C1CC2CC34CC1CCC(C3)C1CC3(CC2C2CC5(CC1C1CC6(CC2C2CCC7CCC1CC(C7)(C2)C6)C5)C3)C4. The molecule has 0 heteroatoms. The Hall–Kier alpha value is 0. The summed E-state index contributed by atoms with van der Waals surface area (Å²) >= 11 is 0. The summed E-state index contributed by atoms with van der Waals surface area (Å²) < 4.78 is 0. The van der Waals surface area contributed by atoms with E-state index < -0.39 is 0 Å². The van der Waals surface area contributed by atoms with Gasteiger partial charge in [0.2, 0.25) is 0 Å². The zero-order chi connectivity index (χ0) is 26.4. The smallest absolute Gasteiger partial charge is 0.0281 e. The number of fused-ring (bicyclic) bond motifs is 20. The third kappa shape index (κ3) is 3.12. The normalized spacial score (nSPS) is 69.1. The van der Waals surface area contributed by atoms with Crippen LogP contribution in [0.15, 0.2) is 0 Å². The summed E-state index contributed by atoms with van der Waals surface area (Å²) in [7, 11) is 0. The molecule has 12 fully saturated rings. The Morgan fingerprint density at radius 3 is 0.878 bits per heavy atom. The largest absolute Gasteiger partial charge is 0.0502 e. The summed E-state index contributed by atoms with van der Waals surface area (Å²) in [5.74, 6) is 13.5. The predicted molar refractivity (Wildman–Crippen MR) is 165 cm³/mol. The van der Waals surface area contributed by atoms with Crippen molar-refractivity contribution in [3.8, 4) is 0 Å². The molecule has 12 saturated carbocycles. The molecule has 0 aromatic carbocycles. The van der Waals surface area contributed by atoms with E-state index in [-0.39, 0.29) is 0 Å². The number of hydrogen-bond acceptors (Lipinski definition) is 0. The van der Waals surface area contributed by atoms with E-state index in [0.717, 1.165) is 98.1 Å². The van der Waals surface area contributed by atoms with E-state index in [4.69, 9.17) is 0 Å². The maximum absolute atomic E-state index is 1.75. The van der Waals surface area contributed by atoms with E-state index in [1.54, 1.807) is 154 Å².